The maximum Gasteiger partial charge on any atom is 0.317 e. The summed E-state index contributed by atoms with van der Waals surface area (Å²) in [4.78, 5) is 35.2. The number of aliphatic carboxylic acids is 1. The lowest BCUT2D eigenvalue weighted by Gasteiger charge is -2.21. The van der Waals surface area contributed by atoms with Crippen molar-refractivity contribution in [3.63, 3.8) is 0 Å². The summed E-state index contributed by atoms with van der Waals surface area (Å²) in [6.07, 6.45) is 0. The van der Waals surface area contributed by atoms with Gasteiger partial charge in [-0.1, -0.05) is 27.7 Å². The van der Waals surface area contributed by atoms with E-state index >= 15 is 0 Å². The van der Waals surface area contributed by atoms with E-state index in [1.54, 1.807) is 0 Å². The van der Waals surface area contributed by atoms with Crippen LogP contribution in [0.25, 0.3) is 0 Å². The van der Waals surface area contributed by atoms with Crippen LogP contribution in [-0.4, -0.2) is 54.6 Å². The van der Waals surface area contributed by atoms with Crippen LogP contribution < -0.4 is 10.6 Å². The number of carbonyl (C=O) groups excluding carboxylic acids is 2. The Morgan fingerprint density at radius 1 is 1.15 bits per heavy atom. The first kappa shape index (κ1) is 18.2. The number of nitrogens with zero attached hydrogens (tertiary/aromatic N) is 1. The molecule has 0 aromatic carbocycles. The minimum Gasteiger partial charge on any atom is -0.481 e. The van der Waals surface area contributed by atoms with Crippen molar-refractivity contribution in [3.05, 3.63) is 0 Å². The van der Waals surface area contributed by atoms with Gasteiger partial charge in [-0.3, -0.25) is 9.59 Å². The van der Waals surface area contributed by atoms with E-state index in [1.165, 1.54) is 18.9 Å². The van der Waals surface area contributed by atoms with Gasteiger partial charge in [-0.2, -0.15) is 0 Å². The molecule has 0 rings (SSSR count). The van der Waals surface area contributed by atoms with Gasteiger partial charge >= 0.3 is 12.0 Å². The molecule has 3 N–H and O–H groups in total. The molecule has 0 aliphatic rings. The lowest BCUT2D eigenvalue weighted by Crippen LogP contribution is -2.44. The van der Waals surface area contributed by atoms with Gasteiger partial charge in [0.1, 0.15) is 0 Å². The molecule has 0 aromatic heterocycles. The monoisotopic (exact) mass is 287 g/mol. The van der Waals surface area contributed by atoms with E-state index < -0.39 is 17.3 Å². The second-order valence-electron chi connectivity index (χ2n) is 5.86. The van der Waals surface area contributed by atoms with Crippen molar-refractivity contribution in [1.29, 1.82) is 0 Å². The highest BCUT2D eigenvalue weighted by Crippen LogP contribution is 2.11. The summed E-state index contributed by atoms with van der Waals surface area (Å²) in [6.45, 7) is 7.73. The van der Waals surface area contributed by atoms with Gasteiger partial charge in [-0.15, -0.1) is 0 Å². The Morgan fingerprint density at radius 2 is 1.65 bits per heavy atom. The molecule has 0 saturated heterocycles. The van der Waals surface area contributed by atoms with Crippen LogP contribution in [0, 0.1) is 11.3 Å². The highest BCUT2D eigenvalue weighted by molar-refractivity contribution is 5.81. The van der Waals surface area contributed by atoms with Gasteiger partial charge in [0.05, 0.1) is 5.92 Å². The third-order valence-corrected chi connectivity index (χ3v) is 2.68. The average Bonchev–Trinajstić information content (AvgIpc) is 2.32. The van der Waals surface area contributed by atoms with E-state index in [-0.39, 0.29) is 18.5 Å². The third kappa shape index (κ3) is 6.96. The number of carboxylic acids is 1. The smallest absolute Gasteiger partial charge is 0.317 e. The van der Waals surface area contributed by atoms with Crippen molar-refractivity contribution in [3.8, 4) is 0 Å². The Labute approximate surface area is 119 Å². The van der Waals surface area contributed by atoms with Crippen LogP contribution in [-0.2, 0) is 9.59 Å². The van der Waals surface area contributed by atoms with Gasteiger partial charge in [0, 0.05) is 32.1 Å². The summed E-state index contributed by atoms with van der Waals surface area (Å²) < 4.78 is 0. The number of nitrogens with one attached hydrogen (secondary N) is 2. The van der Waals surface area contributed by atoms with Crippen molar-refractivity contribution in [2.75, 3.05) is 26.7 Å². The Kier molecular flexibility index (Phi) is 7.02. The SMILES string of the molecule is CC(CN(C)C(=O)NCCNC(=O)C(C)(C)C)C(=O)O. The first-order valence-electron chi connectivity index (χ1n) is 6.55. The van der Waals surface area contributed by atoms with E-state index in [0.717, 1.165) is 0 Å². The molecule has 0 aliphatic carbocycles. The normalized spacial score (nSPS) is 12.4. The molecule has 116 valence electrons. The van der Waals surface area contributed by atoms with Gasteiger partial charge in [-0.05, 0) is 0 Å². The summed E-state index contributed by atoms with van der Waals surface area (Å²) in [5.41, 5.74) is -0.461. The third-order valence-electron chi connectivity index (χ3n) is 2.68. The molecule has 20 heavy (non-hydrogen) atoms. The molecular weight excluding hydrogens is 262 g/mol. The van der Waals surface area contributed by atoms with E-state index in [9.17, 15) is 14.4 Å². The van der Waals surface area contributed by atoms with E-state index in [0.29, 0.717) is 13.1 Å². The molecule has 7 nitrogen and oxygen atoms in total. The molecule has 0 spiro atoms. The predicted octanol–water partition coefficient (Wildman–Crippen LogP) is 0.511. The predicted molar refractivity (Wildman–Crippen MR) is 75.3 cm³/mol. The molecule has 0 aliphatic heterocycles. The van der Waals surface area contributed by atoms with E-state index in [2.05, 4.69) is 10.6 Å². The van der Waals surface area contributed by atoms with Crippen LogP contribution in [0.2, 0.25) is 0 Å². The molecule has 0 saturated carbocycles. The zero-order valence-corrected chi connectivity index (χ0v) is 12.8. The van der Waals surface area contributed by atoms with Crippen LogP contribution in [0.15, 0.2) is 0 Å². The molecule has 0 radical (unpaired) electrons. The number of hydrogen-bond acceptors (Lipinski definition) is 3. The standard InChI is InChI=1S/C13H25N3O4/c1-9(10(17)18)8-16(5)12(20)15-7-6-14-11(19)13(2,3)4/h9H,6-8H2,1-5H3,(H,14,19)(H,15,20)(H,17,18). The van der Waals surface area contributed by atoms with Crippen LogP contribution in [0.5, 0.6) is 0 Å². The summed E-state index contributed by atoms with van der Waals surface area (Å²) in [6, 6.07) is -0.358. The summed E-state index contributed by atoms with van der Waals surface area (Å²) in [7, 11) is 1.53. The zero-order valence-electron chi connectivity index (χ0n) is 12.8. The first-order chi connectivity index (χ1) is 9.05. The zero-order chi connectivity index (χ0) is 15.9. The fourth-order valence-electron chi connectivity index (χ4n) is 1.32. The van der Waals surface area contributed by atoms with Crippen LogP contribution in [0.4, 0.5) is 4.79 Å². The van der Waals surface area contributed by atoms with Gasteiger partial charge in [0.25, 0.3) is 0 Å². The van der Waals surface area contributed by atoms with Crippen molar-refractivity contribution in [2.45, 2.75) is 27.7 Å². The number of carbonyl (C=O) groups is 3. The van der Waals surface area contributed by atoms with Gasteiger partial charge in [0.2, 0.25) is 5.91 Å². The minimum absolute atomic E-state index is 0.0837. The lowest BCUT2D eigenvalue weighted by atomic mass is 9.96. The number of urea groups is 1. The van der Waals surface area contributed by atoms with Crippen molar-refractivity contribution in [1.82, 2.24) is 15.5 Å². The van der Waals surface area contributed by atoms with Gasteiger partial charge < -0.3 is 20.6 Å². The number of carboxylic acid groups (broad SMARTS) is 1. The molecular formula is C13H25N3O4. The maximum absolute atomic E-state index is 11.7. The number of amides is 3. The molecule has 0 heterocycles. The van der Waals surface area contributed by atoms with Crippen LogP contribution in [0.3, 0.4) is 0 Å². The van der Waals surface area contributed by atoms with Crippen molar-refractivity contribution in [2.24, 2.45) is 11.3 Å². The number of rotatable bonds is 6. The lowest BCUT2D eigenvalue weighted by molar-refractivity contribution is -0.141. The summed E-state index contributed by atoms with van der Waals surface area (Å²) in [5.74, 6) is -1.65. The summed E-state index contributed by atoms with van der Waals surface area (Å²) in [5, 5.41) is 14.1. The second-order valence-corrected chi connectivity index (χ2v) is 5.86. The quantitative estimate of drug-likeness (QED) is 0.620. The fourth-order valence-corrected chi connectivity index (χ4v) is 1.32. The Hall–Kier alpha value is -1.79. The highest BCUT2D eigenvalue weighted by Gasteiger charge is 2.20. The molecule has 1 atom stereocenters. The second kappa shape index (κ2) is 7.72. The van der Waals surface area contributed by atoms with Crippen molar-refractivity contribution < 1.29 is 19.5 Å². The Balaban J connectivity index is 3.94. The van der Waals surface area contributed by atoms with Crippen LogP contribution >= 0.6 is 0 Å². The minimum atomic E-state index is -0.943. The molecule has 0 aromatic rings. The summed E-state index contributed by atoms with van der Waals surface area (Å²) >= 11 is 0. The van der Waals surface area contributed by atoms with E-state index in [4.69, 9.17) is 5.11 Å². The van der Waals surface area contributed by atoms with Gasteiger partial charge in [-0.25, -0.2) is 4.79 Å². The molecule has 0 bridgehead atoms. The Bertz CT molecular complexity index is 363. The first-order valence-corrected chi connectivity index (χ1v) is 6.55. The Morgan fingerprint density at radius 3 is 2.10 bits per heavy atom. The van der Waals surface area contributed by atoms with Crippen LogP contribution in [0.1, 0.15) is 27.7 Å². The highest BCUT2D eigenvalue weighted by atomic mass is 16.4. The van der Waals surface area contributed by atoms with Gasteiger partial charge in [0.15, 0.2) is 0 Å². The average molecular weight is 287 g/mol. The topological polar surface area (TPSA) is 98.7 Å². The van der Waals surface area contributed by atoms with Crippen molar-refractivity contribution >= 4 is 17.9 Å². The molecule has 0 fully saturated rings. The maximum atomic E-state index is 11.7. The molecule has 1 unspecified atom stereocenters. The molecule has 7 heteroatoms. The fraction of sp³-hybridized carbons (Fsp3) is 0.769. The van der Waals surface area contributed by atoms with E-state index in [1.807, 2.05) is 20.8 Å². The molecule has 3 amide bonds. The largest absolute Gasteiger partial charge is 0.481 e. The number of hydrogen-bond donors (Lipinski definition) is 3.